The Labute approximate surface area is 196 Å². The maximum Gasteiger partial charge on any atom is 0.294 e. The number of ether oxygens (including phenoxy) is 1. The lowest BCUT2D eigenvalue weighted by atomic mass is 9.95. The molecule has 0 radical (unpaired) electrons. The van der Waals surface area contributed by atoms with Gasteiger partial charge in [0.05, 0.1) is 30.2 Å². The number of hydrogen-bond acceptors (Lipinski definition) is 5. The van der Waals surface area contributed by atoms with Gasteiger partial charge in [-0.1, -0.05) is 66.7 Å². The van der Waals surface area contributed by atoms with Crippen LogP contribution in [0.1, 0.15) is 28.5 Å². The van der Waals surface area contributed by atoms with Gasteiger partial charge in [-0.2, -0.15) is 5.01 Å². The fourth-order valence-electron chi connectivity index (χ4n) is 5.23. The van der Waals surface area contributed by atoms with Crippen LogP contribution in [0.15, 0.2) is 108 Å². The number of nitrogens with one attached hydrogen (secondary N) is 1. The standard InChI is InChI=1S/C28H21N3O3/c32-27-28(21-12-5-6-13-23(21)30(27)18-19-9-2-1-3-10-19)31-24(20-11-4-7-14-25(20)34-28)17-22(29-31)26-15-8-16-33-26/h1-17,24,29H,18H2. The molecule has 4 aromatic rings. The van der Waals surface area contributed by atoms with Crippen molar-refractivity contribution >= 4 is 17.3 Å². The number of hydrogen-bond donors (Lipinski definition) is 1. The van der Waals surface area contributed by atoms with E-state index in [1.807, 2.05) is 101 Å². The first-order valence-corrected chi connectivity index (χ1v) is 11.3. The summed E-state index contributed by atoms with van der Waals surface area (Å²) in [6.07, 6.45) is 3.74. The number of para-hydroxylation sites is 2. The van der Waals surface area contributed by atoms with Gasteiger partial charge in [-0.25, -0.2) is 0 Å². The summed E-state index contributed by atoms with van der Waals surface area (Å²) in [5, 5.41) is 1.93. The Morgan fingerprint density at radius 3 is 2.53 bits per heavy atom. The van der Waals surface area contributed by atoms with Crippen LogP contribution in [0, 0.1) is 0 Å². The third kappa shape index (κ3) is 2.57. The molecule has 34 heavy (non-hydrogen) atoms. The van der Waals surface area contributed by atoms with E-state index in [0.717, 1.165) is 28.1 Å². The summed E-state index contributed by atoms with van der Waals surface area (Å²) in [6, 6.07) is 29.4. The zero-order valence-electron chi connectivity index (χ0n) is 18.2. The second kappa shape index (κ2) is 7.10. The molecule has 6 nitrogen and oxygen atoms in total. The summed E-state index contributed by atoms with van der Waals surface area (Å²) in [6.45, 7) is 0.459. The minimum Gasteiger partial charge on any atom is -0.463 e. The fourth-order valence-corrected chi connectivity index (χ4v) is 5.23. The molecule has 6 heteroatoms. The molecule has 0 saturated carbocycles. The number of benzene rings is 3. The van der Waals surface area contributed by atoms with Crippen molar-refractivity contribution in [2.24, 2.45) is 0 Å². The summed E-state index contributed by atoms with van der Waals surface area (Å²) in [4.78, 5) is 16.2. The van der Waals surface area contributed by atoms with Crippen LogP contribution in [0.2, 0.25) is 0 Å². The molecule has 3 aliphatic rings. The molecule has 1 aromatic heterocycles. The van der Waals surface area contributed by atoms with Crippen molar-refractivity contribution < 1.29 is 13.9 Å². The molecular formula is C28H21N3O3. The Morgan fingerprint density at radius 1 is 0.882 bits per heavy atom. The molecular weight excluding hydrogens is 426 g/mol. The van der Waals surface area contributed by atoms with Crippen molar-refractivity contribution in [3.8, 4) is 5.75 Å². The summed E-state index contributed by atoms with van der Waals surface area (Å²) in [7, 11) is 0. The van der Waals surface area contributed by atoms with Crippen LogP contribution in [0.4, 0.5) is 5.69 Å². The van der Waals surface area contributed by atoms with Crippen LogP contribution in [-0.2, 0) is 17.1 Å². The Kier molecular flexibility index (Phi) is 4.01. The van der Waals surface area contributed by atoms with Crippen molar-refractivity contribution in [1.82, 2.24) is 10.4 Å². The highest BCUT2D eigenvalue weighted by atomic mass is 16.5. The van der Waals surface area contributed by atoms with E-state index >= 15 is 0 Å². The molecule has 1 spiro atoms. The molecule has 1 amide bonds. The minimum absolute atomic E-state index is 0.126. The molecule has 166 valence electrons. The number of carbonyl (C=O) groups is 1. The summed E-state index contributed by atoms with van der Waals surface area (Å²) >= 11 is 0. The lowest BCUT2D eigenvalue weighted by molar-refractivity contribution is -0.168. The SMILES string of the molecule is O=C1N(Cc2ccccc2)c2ccccc2C12Oc1ccccc1C1C=C(c3ccco3)NN12. The van der Waals surface area contributed by atoms with Crippen LogP contribution < -0.4 is 15.1 Å². The monoisotopic (exact) mass is 447 g/mol. The van der Waals surface area contributed by atoms with Gasteiger partial charge < -0.3 is 19.5 Å². The summed E-state index contributed by atoms with van der Waals surface area (Å²) < 4.78 is 12.3. The molecule has 0 bridgehead atoms. The van der Waals surface area contributed by atoms with Crippen molar-refractivity contribution in [3.05, 3.63) is 126 Å². The van der Waals surface area contributed by atoms with E-state index in [1.165, 1.54) is 0 Å². The van der Waals surface area contributed by atoms with Gasteiger partial charge in [0.1, 0.15) is 5.75 Å². The number of fused-ring (bicyclic) bond motifs is 6. The van der Waals surface area contributed by atoms with E-state index in [1.54, 1.807) is 6.26 Å². The predicted octanol–water partition coefficient (Wildman–Crippen LogP) is 4.97. The number of carbonyl (C=O) groups excluding carboxylic acids is 1. The number of furan rings is 1. The molecule has 3 aliphatic heterocycles. The molecule has 2 atom stereocenters. The minimum atomic E-state index is -1.35. The van der Waals surface area contributed by atoms with Gasteiger partial charge in [0.2, 0.25) is 0 Å². The van der Waals surface area contributed by atoms with Crippen molar-refractivity contribution in [2.75, 3.05) is 4.90 Å². The fraction of sp³-hybridized carbons (Fsp3) is 0.107. The van der Waals surface area contributed by atoms with E-state index in [2.05, 4.69) is 11.5 Å². The lowest BCUT2D eigenvalue weighted by Gasteiger charge is -2.45. The van der Waals surface area contributed by atoms with Gasteiger partial charge in [-0.05, 0) is 35.9 Å². The zero-order valence-corrected chi connectivity index (χ0v) is 18.2. The van der Waals surface area contributed by atoms with E-state index in [-0.39, 0.29) is 11.9 Å². The highest BCUT2D eigenvalue weighted by molar-refractivity contribution is 6.07. The number of rotatable bonds is 3. The highest BCUT2D eigenvalue weighted by Gasteiger charge is 2.63. The van der Waals surface area contributed by atoms with E-state index in [9.17, 15) is 4.79 Å². The molecule has 0 aliphatic carbocycles. The normalized spacial score (nSPS) is 22.6. The zero-order chi connectivity index (χ0) is 22.7. The average molecular weight is 447 g/mol. The Morgan fingerprint density at radius 2 is 1.68 bits per heavy atom. The van der Waals surface area contributed by atoms with E-state index in [4.69, 9.17) is 9.15 Å². The third-order valence-electron chi connectivity index (χ3n) is 6.74. The topological polar surface area (TPSA) is 58.0 Å². The van der Waals surface area contributed by atoms with Gasteiger partial charge in [0.25, 0.3) is 11.6 Å². The van der Waals surface area contributed by atoms with Crippen molar-refractivity contribution in [1.29, 1.82) is 0 Å². The molecule has 1 N–H and O–H groups in total. The largest absolute Gasteiger partial charge is 0.463 e. The summed E-state index contributed by atoms with van der Waals surface area (Å²) in [5.74, 6) is 1.28. The van der Waals surface area contributed by atoms with Gasteiger partial charge in [0, 0.05) is 11.1 Å². The molecule has 7 rings (SSSR count). The molecule has 0 saturated heterocycles. The van der Waals surface area contributed by atoms with Crippen LogP contribution >= 0.6 is 0 Å². The first-order chi connectivity index (χ1) is 16.8. The maximum atomic E-state index is 14.4. The van der Waals surface area contributed by atoms with Crippen LogP contribution in [0.3, 0.4) is 0 Å². The quantitative estimate of drug-likeness (QED) is 0.480. The second-order valence-corrected chi connectivity index (χ2v) is 8.66. The van der Waals surface area contributed by atoms with Gasteiger partial charge in [-0.15, -0.1) is 0 Å². The van der Waals surface area contributed by atoms with Crippen molar-refractivity contribution in [3.63, 3.8) is 0 Å². The lowest BCUT2D eigenvalue weighted by Crippen LogP contribution is -2.62. The third-order valence-corrected chi connectivity index (χ3v) is 6.74. The Bertz CT molecular complexity index is 1430. The molecule has 4 heterocycles. The van der Waals surface area contributed by atoms with Crippen LogP contribution in [0.25, 0.3) is 5.70 Å². The van der Waals surface area contributed by atoms with E-state index < -0.39 is 5.72 Å². The number of amides is 1. The molecule has 3 aromatic carbocycles. The highest BCUT2D eigenvalue weighted by Crippen LogP contribution is 2.54. The number of nitrogens with zero attached hydrogens (tertiary/aromatic N) is 2. The first-order valence-electron chi connectivity index (χ1n) is 11.3. The average Bonchev–Trinajstić information content (AvgIpc) is 3.61. The van der Waals surface area contributed by atoms with Crippen LogP contribution in [0.5, 0.6) is 5.75 Å². The number of hydrazine groups is 1. The van der Waals surface area contributed by atoms with Gasteiger partial charge in [-0.3, -0.25) is 4.79 Å². The smallest absolute Gasteiger partial charge is 0.294 e. The first kappa shape index (κ1) is 19.2. The Hall–Kier alpha value is -4.29. The molecule has 2 unspecified atom stereocenters. The second-order valence-electron chi connectivity index (χ2n) is 8.66. The van der Waals surface area contributed by atoms with Crippen molar-refractivity contribution in [2.45, 2.75) is 18.3 Å². The number of anilines is 1. The van der Waals surface area contributed by atoms with Gasteiger partial charge >= 0.3 is 0 Å². The maximum absolute atomic E-state index is 14.4. The molecule has 0 fully saturated rings. The predicted molar refractivity (Wildman–Crippen MR) is 127 cm³/mol. The van der Waals surface area contributed by atoms with E-state index in [0.29, 0.717) is 18.1 Å². The summed E-state index contributed by atoms with van der Waals surface area (Å²) in [5.41, 5.74) is 6.62. The Balaban J connectivity index is 1.40. The van der Waals surface area contributed by atoms with Gasteiger partial charge in [0.15, 0.2) is 5.76 Å². The van der Waals surface area contributed by atoms with Crippen LogP contribution in [-0.4, -0.2) is 10.9 Å².